The van der Waals surface area contributed by atoms with Crippen molar-refractivity contribution in [3.63, 3.8) is 0 Å². The molecule has 1 aromatic rings. The molecular weight excluding hydrogens is 252 g/mol. The Morgan fingerprint density at radius 1 is 1.47 bits per heavy atom. The van der Waals surface area contributed by atoms with Gasteiger partial charge in [0.2, 0.25) is 0 Å². The van der Waals surface area contributed by atoms with E-state index in [1.165, 1.54) is 0 Å². The number of likely N-dealkylation sites (N-methyl/N-ethyl adjacent to an activating group) is 1. The van der Waals surface area contributed by atoms with Crippen LogP contribution in [0.5, 0.6) is 0 Å². The first kappa shape index (κ1) is 14.0. The molecule has 106 valence electrons. The molecule has 2 atom stereocenters. The van der Waals surface area contributed by atoms with E-state index < -0.39 is 11.6 Å². The van der Waals surface area contributed by atoms with Gasteiger partial charge in [0.25, 0.3) is 0 Å². The fourth-order valence-electron chi connectivity index (χ4n) is 2.38. The SMILES string of the molecule is CCNc1nc(N(C)C2CCOC2C)c(F)cc1F. The summed E-state index contributed by atoms with van der Waals surface area (Å²) >= 11 is 0. The summed E-state index contributed by atoms with van der Waals surface area (Å²) in [5, 5.41) is 2.79. The maximum atomic E-state index is 13.9. The number of anilines is 2. The van der Waals surface area contributed by atoms with E-state index >= 15 is 0 Å². The number of pyridine rings is 1. The van der Waals surface area contributed by atoms with Gasteiger partial charge in [-0.3, -0.25) is 0 Å². The Hall–Kier alpha value is -1.43. The molecule has 0 radical (unpaired) electrons. The van der Waals surface area contributed by atoms with E-state index in [1.807, 2.05) is 13.8 Å². The number of rotatable bonds is 4. The van der Waals surface area contributed by atoms with Crippen LogP contribution in [0.2, 0.25) is 0 Å². The number of aromatic nitrogens is 1. The largest absolute Gasteiger partial charge is 0.376 e. The van der Waals surface area contributed by atoms with Crippen LogP contribution in [0.1, 0.15) is 20.3 Å². The Morgan fingerprint density at radius 2 is 2.21 bits per heavy atom. The van der Waals surface area contributed by atoms with Crippen LogP contribution in [0.4, 0.5) is 20.4 Å². The first-order valence-corrected chi connectivity index (χ1v) is 6.49. The minimum Gasteiger partial charge on any atom is -0.376 e. The first-order chi connectivity index (χ1) is 9.04. The van der Waals surface area contributed by atoms with Crippen LogP contribution in [-0.4, -0.2) is 37.3 Å². The first-order valence-electron chi connectivity index (χ1n) is 6.49. The van der Waals surface area contributed by atoms with Crippen molar-refractivity contribution < 1.29 is 13.5 Å². The van der Waals surface area contributed by atoms with Gasteiger partial charge in [-0.1, -0.05) is 0 Å². The highest BCUT2D eigenvalue weighted by atomic mass is 19.1. The second-order valence-corrected chi connectivity index (χ2v) is 4.70. The van der Waals surface area contributed by atoms with Crippen LogP contribution in [0.25, 0.3) is 0 Å². The fraction of sp³-hybridized carbons (Fsp3) is 0.615. The van der Waals surface area contributed by atoms with Crippen molar-refractivity contribution in [2.24, 2.45) is 0 Å². The molecule has 19 heavy (non-hydrogen) atoms. The highest BCUT2D eigenvalue weighted by Gasteiger charge is 2.30. The lowest BCUT2D eigenvalue weighted by molar-refractivity contribution is 0.118. The maximum absolute atomic E-state index is 13.9. The van der Waals surface area contributed by atoms with Gasteiger partial charge in [-0.2, -0.15) is 0 Å². The van der Waals surface area contributed by atoms with Gasteiger partial charge in [0.15, 0.2) is 23.3 Å². The summed E-state index contributed by atoms with van der Waals surface area (Å²) in [6, 6.07) is 0.930. The number of hydrogen-bond acceptors (Lipinski definition) is 4. The molecular formula is C13H19F2N3O. The molecule has 4 nitrogen and oxygen atoms in total. The zero-order chi connectivity index (χ0) is 14.0. The van der Waals surface area contributed by atoms with Gasteiger partial charge < -0.3 is 15.0 Å². The minimum atomic E-state index is -0.674. The van der Waals surface area contributed by atoms with E-state index in [2.05, 4.69) is 10.3 Å². The highest BCUT2D eigenvalue weighted by Crippen LogP contribution is 2.27. The third-order valence-corrected chi connectivity index (χ3v) is 3.42. The molecule has 2 unspecified atom stereocenters. The minimum absolute atomic E-state index is 0.0128. The molecule has 1 aromatic heterocycles. The van der Waals surface area contributed by atoms with Crippen LogP contribution in [0, 0.1) is 11.6 Å². The Labute approximate surface area is 111 Å². The summed E-state index contributed by atoms with van der Waals surface area (Å²) in [5.41, 5.74) is 0. The molecule has 0 saturated carbocycles. The van der Waals surface area contributed by atoms with E-state index in [9.17, 15) is 8.78 Å². The number of halogens is 2. The second kappa shape index (κ2) is 5.69. The third kappa shape index (κ3) is 2.78. The van der Waals surface area contributed by atoms with Gasteiger partial charge in [-0.25, -0.2) is 13.8 Å². The van der Waals surface area contributed by atoms with Crippen molar-refractivity contribution in [1.29, 1.82) is 0 Å². The van der Waals surface area contributed by atoms with Crippen molar-refractivity contribution >= 4 is 11.6 Å². The molecule has 0 bridgehead atoms. The lowest BCUT2D eigenvalue weighted by atomic mass is 10.1. The summed E-state index contributed by atoms with van der Waals surface area (Å²) in [6.45, 7) is 4.96. The van der Waals surface area contributed by atoms with Gasteiger partial charge in [0.05, 0.1) is 12.1 Å². The van der Waals surface area contributed by atoms with E-state index in [1.54, 1.807) is 11.9 Å². The zero-order valence-corrected chi connectivity index (χ0v) is 11.4. The van der Waals surface area contributed by atoms with Gasteiger partial charge in [-0.15, -0.1) is 0 Å². The van der Waals surface area contributed by atoms with Crippen molar-refractivity contribution in [3.05, 3.63) is 17.7 Å². The van der Waals surface area contributed by atoms with Gasteiger partial charge >= 0.3 is 0 Å². The topological polar surface area (TPSA) is 37.4 Å². The normalized spacial score (nSPS) is 22.6. The molecule has 2 rings (SSSR count). The summed E-state index contributed by atoms with van der Waals surface area (Å²) in [6.07, 6.45) is 0.825. The number of nitrogens with zero attached hydrogens (tertiary/aromatic N) is 2. The lowest BCUT2D eigenvalue weighted by Gasteiger charge is -2.28. The monoisotopic (exact) mass is 271 g/mol. The van der Waals surface area contributed by atoms with Crippen molar-refractivity contribution in [3.8, 4) is 0 Å². The summed E-state index contributed by atoms with van der Waals surface area (Å²) < 4.78 is 32.9. The number of hydrogen-bond donors (Lipinski definition) is 1. The van der Waals surface area contributed by atoms with Crippen molar-refractivity contribution in [2.45, 2.75) is 32.4 Å². The second-order valence-electron chi connectivity index (χ2n) is 4.70. The number of nitrogens with one attached hydrogen (secondary N) is 1. The van der Waals surface area contributed by atoms with Crippen LogP contribution in [-0.2, 0) is 4.74 Å². The summed E-state index contributed by atoms with van der Waals surface area (Å²) in [4.78, 5) is 5.78. The smallest absolute Gasteiger partial charge is 0.168 e. The predicted octanol–water partition coefficient (Wildman–Crippen LogP) is 2.41. The Bertz CT molecular complexity index is 456. The van der Waals surface area contributed by atoms with Crippen molar-refractivity contribution in [2.75, 3.05) is 30.4 Å². The van der Waals surface area contributed by atoms with E-state index in [4.69, 9.17) is 4.74 Å². The molecule has 1 saturated heterocycles. The molecule has 2 heterocycles. The maximum Gasteiger partial charge on any atom is 0.168 e. The Kier molecular flexibility index (Phi) is 4.19. The van der Waals surface area contributed by atoms with Crippen LogP contribution in [0.15, 0.2) is 6.07 Å². The average molecular weight is 271 g/mol. The molecule has 1 aliphatic rings. The summed E-state index contributed by atoms with van der Waals surface area (Å²) in [7, 11) is 1.76. The molecule has 1 fully saturated rings. The summed E-state index contributed by atoms with van der Waals surface area (Å²) in [5.74, 6) is -1.09. The predicted molar refractivity (Wildman–Crippen MR) is 70.5 cm³/mol. The van der Waals surface area contributed by atoms with E-state index in [0.717, 1.165) is 12.5 Å². The fourth-order valence-corrected chi connectivity index (χ4v) is 2.38. The molecule has 0 aliphatic carbocycles. The van der Waals surface area contributed by atoms with Gasteiger partial charge in [-0.05, 0) is 20.3 Å². The number of ether oxygens (including phenoxy) is 1. The lowest BCUT2D eigenvalue weighted by Crippen LogP contribution is -2.38. The van der Waals surface area contributed by atoms with Crippen LogP contribution in [0.3, 0.4) is 0 Å². The molecule has 0 amide bonds. The van der Waals surface area contributed by atoms with Crippen molar-refractivity contribution in [1.82, 2.24) is 4.98 Å². The van der Waals surface area contributed by atoms with E-state index in [0.29, 0.717) is 13.2 Å². The van der Waals surface area contributed by atoms with Crippen LogP contribution < -0.4 is 10.2 Å². The Morgan fingerprint density at radius 3 is 2.79 bits per heavy atom. The molecule has 6 heteroatoms. The zero-order valence-electron chi connectivity index (χ0n) is 11.4. The van der Waals surface area contributed by atoms with Gasteiger partial charge in [0, 0.05) is 26.3 Å². The molecule has 0 aromatic carbocycles. The third-order valence-electron chi connectivity index (χ3n) is 3.42. The Balaban J connectivity index is 2.30. The van der Waals surface area contributed by atoms with Gasteiger partial charge in [0.1, 0.15) is 0 Å². The average Bonchev–Trinajstić information content (AvgIpc) is 2.78. The molecule has 1 aliphatic heterocycles. The molecule has 0 spiro atoms. The highest BCUT2D eigenvalue weighted by molar-refractivity contribution is 5.49. The quantitative estimate of drug-likeness (QED) is 0.912. The van der Waals surface area contributed by atoms with Crippen LogP contribution >= 0.6 is 0 Å². The molecule has 1 N–H and O–H groups in total. The standard InChI is InChI=1S/C13H19F2N3O/c1-4-16-12-9(14)7-10(15)13(17-12)18(3)11-5-6-19-8(11)2/h7-8,11H,4-6H2,1-3H3,(H,16,17). The van der Waals surface area contributed by atoms with E-state index in [-0.39, 0.29) is 23.8 Å².